The van der Waals surface area contributed by atoms with E-state index in [1.54, 1.807) is 21.1 Å². The Morgan fingerprint density at radius 1 is 0.926 bits per heavy atom. The Labute approximate surface area is 159 Å². The molecule has 0 bridgehead atoms. The van der Waals surface area contributed by atoms with Crippen LogP contribution in [-0.4, -0.2) is 37.2 Å². The van der Waals surface area contributed by atoms with Gasteiger partial charge in [0, 0.05) is 13.1 Å². The number of amides is 1. The molecule has 1 amide bonds. The zero-order valence-corrected chi connectivity index (χ0v) is 15.9. The quantitative estimate of drug-likeness (QED) is 0.661. The first-order valence-electron chi connectivity index (χ1n) is 8.71. The van der Waals surface area contributed by atoms with E-state index in [9.17, 15) is 9.59 Å². The Balaban J connectivity index is 1.74. The summed E-state index contributed by atoms with van der Waals surface area (Å²) in [5.74, 6) is 0.371. The van der Waals surface area contributed by atoms with Crippen LogP contribution in [0.4, 0.5) is 4.79 Å². The van der Waals surface area contributed by atoms with E-state index in [0.717, 1.165) is 16.9 Å². The largest absolute Gasteiger partial charge is 0.497 e. The number of ether oxygens (including phenoxy) is 3. The normalized spacial score (nSPS) is 11.4. The second-order valence-electron chi connectivity index (χ2n) is 6.21. The fraction of sp³-hybridized carbons (Fsp3) is 0.333. The van der Waals surface area contributed by atoms with Crippen LogP contribution >= 0.6 is 0 Å². The smallest absolute Gasteiger partial charge is 0.410 e. The third-order valence-corrected chi connectivity index (χ3v) is 4.18. The first-order chi connectivity index (χ1) is 13.0. The van der Waals surface area contributed by atoms with Crippen molar-refractivity contribution in [3.63, 3.8) is 0 Å². The second-order valence-corrected chi connectivity index (χ2v) is 6.21. The number of methoxy groups -OCH3 is 1. The van der Waals surface area contributed by atoms with Crippen LogP contribution in [0.15, 0.2) is 54.6 Å². The predicted molar refractivity (Wildman–Crippen MR) is 101 cm³/mol. The molecule has 0 unspecified atom stereocenters. The van der Waals surface area contributed by atoms with E-state index in [1.165, 1.54) is 4.90 Å². The summed E-state index contributed by atoms with van der Waals surface area (Å²) in [6, 6.07) is 16.4. The summed E-state index contributed by atoms with van der Waals surface area (Å²) in [7, 11) is 3.20. The number of carbonyl (C=O) groups is 2. The monoisotopic (exact) mass is 371 g/mol. The highest BCUT2D eigenvalue weighted by atomic mass is 16.6. The maximum absolute atomic E-state index is 12.1. The number of rotatable bonds is 8. The number of hydrogen-bond acceptors (Lipinski definition) is 5. The molecule has 0 saturated carbocycles. The topological polar surface area (TPSA) is 65.1 Å². The average Bonchev–Trinajstić information content (AvgIpc) is 2.71. The predicted octanol–water partition coefficient (Wildman–Crippen LogP) is 3.79. The second kappa shape index (κ2) is 10.2. The van der Waals surface area contributed by atoms with Gasteiger partial charge in [0.1, 0.15) is 19.0 Å². The van der Waals surface area contributed by atoms with Crippen molar-refractivity contribution >= 4 is 12.1 Å². The molecule has 0 spiro atoms. The van der Waals surface area contributed by atoms with Crippen molar-refractivity contribution < 1.29 is 23.8 Å². The van der Waals surface area contributed by atoms with Gasteiger partial charge >= 0.3 is 12.1 Å². The fourth-order valence-electron chi connectivity index (χ4n) is 2.32. The molecule has 27 heavy (non-hydrogen) atoms. The van der Waals surface area contributed by atoms with Crippen LogP contribution in [0.3, 0.4) is 0 Å². The van der Waals surface area contributed by atoms with Gasteiger partial charge in [-0.15, -0.1) is 0 Å². The first kappa shape index (κ1) is 20.3. The number of benzene rings is 2. The summed E-state index contributed by atoms with van der Waals surface area (Å²) in [5.41, 5.74) is 1.78. The molecule has 6 heteroatoms. The van der Waals surface area contributed by atoms with Crippen LogP contribution in [0, 0.1) is 0 Å². The highest BCUT2D eigenvalue weighted by molar-refractivity contribution is 5.72. The van der Waals surface area contributed by atoms with Crippen LogP contribution in [0.5, 0.6) is 5.75 Å². The van der Waals surface area contributed by atoms with Crippen molar-refractivity contribution in [1.29, 1.82) is 0 Å². The lowest BCUT2D eigenvalue weighted by Gasteiger charge is -2.23. The summed E-state index contributed by atoms with van der Waals surface area (Å²) in [5, 5.41) is 0. The van der Waals surface area contributed by atoms with Crippen molar-refractivity contribution in [3.05, 3.63) is 65.7 Å². The summed E-state index contributed by atoms with van der Waals surface area (Å²) >= 11 is 0. The van der Waals surface area contributed by atoms with E-state index in [-0.39, 0.29) is 31.6 Å². The van der Waals surface area contributed by atoms with Gasteiger partial charge in [0.05, 0.1) is 13.5 Å². The molecule has 0 fully saturated rings. The lowest BCUT2D eigenvalue weighted by molar-refractivity contribution is -0.146. The molecule has 2 aromatic carbocycles. The zero-order chi connectivity index (χ0) is 19.6. The van der Waals surface area contributed by atoms with Crippen LogP contribution in [-0.2, 0) is 27.5 Å². The zero-order valence-electron chi connectivity index (χ0n) is 15.9. The molecule has 1 atom stereocenters. The number of esters is 1. The SMILES string of the molecule is COc1ccc(COC(=O)C[C@H](C)N(C)C(=O)OCc2ccccc2)cc1. The van der Waals surface area contributed by atoms with Gasteiger partial charge in [-0.05, 0) is 30.2 Å². The Morgan fingerprint density at radius 2 is 1.52 bits per heavy atom. The molecule has 0 N–H and O–H groups in total. The minimum atomic E-state index is -0.477. The van der Waals surface area contributed by atoms with Gasteiger partial charge in [0.2, 0.25) is 0 Å². The van der Waals surface area contributed by atoms with Gasteiger partial charge in [0.25, 0.3) is 0 Å². The van der Waals surface area contributed by atoms with Crippen molar-refractivity contribution in [1.82, 2.24) is 4.90 Å². The van der Waals surface area contributed by atoms with E-state index >= 15 is 0 Å². The van der Waals surface area contributed by atoms with E-state index < -0.39 is 6.09 Å². The fourth-order valence-corrected chi connectivity index (χ4v) is 2.32. The maximum Gasteiger partial charge on any atom is 0.410 e. The molecule has 0 radical (unpaired) electrons. The van der Waals surface area contributed by atoms with Crippen molar-refractivity contribution in [2.75, 3.05) is 14.2 Å². The Kier molecular flexibility index (Phi) is 7.67. The van der Waals surface area contributed by atoms with Gasteiger partial charge in [-0.1, -0.05) is 42.5 Å². The minimum absolute atomic E-state index is 0.0904. The van der Waals surface area contributed by atoms with Gasteiger partial charge in [0.15, 0.2) is 0 Å². The van der Waals surface area contributed by atoms with Crippen LogP contribution < -0.4 is 4.74 Å². The summed E-state index contributed by atoms with van der Waals surface area (Å²) in [6.45, 7) is 2.15. The molecule has 0 heterocycles. The summed E-state index contributed by atoms with van der Waals surface area (Å²) in [6.07, 6.45) is -0.387. The molecule has 0 aliphatic rings. The van der Waals surface area contributed by atoms with E-state index in [2.05, 4.69) is 0 Å². The molecular formula is C21H25NO5. The molecule has 0 saturated heterocycles. The minimum Gasteiger partial charge on any atom is -0.497 e. The lowest BCUT2D eigenvalue weighted by Crippen LogP contribution is -2.37. The molecule has 0 aliphatic heterocycles. The van der Waals surface area contributed by atoms with Gasteiger partial charge in [-0.3, -0.25) is 4.79 Å². The van der Waals surface area contributed by atoms with Crippen LogP contribution in [0.2, 0.25) is 0 Å². The average molecular weight is 371 g/mol. The van der Waals surface area contributed by atoms with Gasteiger partial charge in [-0.25, -0.2) is 4.79 Å². The number of hydrogen-bond donors (Lipinski definition) is 0. The Bertz CT molecular complexity index is 730. The molecular weight excluding hydrogens is 346 g/mol. The van der Waals surface area contributed by atoms with Gasteiger partial charge < -0.3 is 19.1 Å². The van der Waals surface area contributed by atoms with E-state index in [4.69, 9.17) is 14.2 Å². The van der Waals surface area contributed by atoms with Gasteiger partial charge in [-0.2, -0.15) is 0 Å². The van der Waals surface area contributed by atoms with Crippen LogP contribution in [0.1, 0.15) is 24.5 Å². The van der Waals surface area contributed by atoms with Crippen molar-refractivity contribution in [2.45, 2.75) is 32.6 Å². The molecule has 2 aromatic rings. The third-order valence-electron chi connectivity index (χ3n) is 4.18. The van der Waals surface area contributed by atoms with Crippen molar-refractivity contribution in [2.24, 2.45) is 0 Å². The van der Waals surface area contributed by atoms with E-state index in [1.807, 2.05) is 54.6 Å². The summed E-state index contributed by atoms with van der Waals surface area (Å²) in [4.78, 5) is 25.5. The third kappa shape index (κ3) is 6.66. The highest BCUT2D eigenvalue weighted by Crippen LogP contribution is 2.13. The van der Waals surface area contributed by atoms with Crippen LogP contribution in [0.25, 0.3) is 0 Å². The number of nitrogens with zero attached hydrogens (tertiary/aromatic N) is 1. The summed E-state index contributed by atoms with van der Waals surface area (Å²) < 4.78 is 15.6. The lowest BCUT2D eigenvalue weighted by atomic mass is 10.2. The standard InChI is InChI=1S/C21H25NO5/c1-16(22(2)21(24)27-15-17-7-5-4-6-8-17)13-20(23)26-14-18-9-11-19(25-3)12-10-18/h4-12,16H,13-15H2,1-3H3/t16-/m0/s1. The molecule has 0 aliphatic carbocycles. The first-order valence-corrected chi connectivity index (χ1v) is 8.71. The molecule has 144 valence electrons. The van der Waals surface area contributed by atoms with Crippen molar-refractivity contribution in [3.8, 4) is 5.75 Å². The molecule has 6 nitrogen and oxygen atoms in total. The Hall–Kier alpha value is -3.02. The number of carbonyl (C=O) groups excluding carboxylic acids is 2. The van der Waals surface area contributed by atoms with E-state index in [0.29, 0.717) is 0 Å². The highest BCUT2D eigenvalue weighted by Gasteiger charge is 2.20. The maximum atomic E-state index is 12.1. The molecule has 2 rings (SSSR count). The Morgan fingerprint density at radius 3 is 2.15 bits per heavy atom. The molecule has 0 aromatic heterocycles.